The smallest absolute Gasteiger partial charge is 0.344 e. The van der Waals surface area contributed by atoms with Crippen molar-refractivity contribution in [3.8, 4) is 11.6 Å². The van der Waals surface area contributed by atoms with Gasteiger partial charge < -0.3 is 4.74 Å². The van der Waals surface area contributed by atoms with E-state index in [9.17, 15) is 14.9 Å². The quantitative estimate of drug-likeness (QED) is 0.213. The zero-order chi connectivity index (χ0) is 22.7. The minimum absolute atomic E-state index is 0.0951. The first-order chi connectivity index (χ1) is 15.4. The lowest BCUT2D eigenvalue weighted by atomic mass is 10.2. The predicted octanol–water partition coefficient (Wildman–Crippen LogP) is 5.77. The largest absolute Gasteiger partial charge is 0.402 e. The number of carbonyl (C=O) groups is 1. The van der Waals surface area contributed by atoms with Gasteiger partial charge in [0.1, 0.15) is 0 Å². The zero-order valence-electron chi connectivity index (χ0n) is 17.4. The summed E-state index contributed by atoms with van der Waals surface area (Å²) in [5.74, 6) is -0.328. The Labute approximate surface area is 188 Å². The molecular formula is C24H19N3O4S. The van der Waals surface area contributed by atoms with E-state index >= 15 is 0 Å². The summed E-state index contributed by atoms with van der Waals surface area (Å²) in [6, 6.07) is 22.7. The average Bonchev–Trinajstić information content (AvgIpc) is 3.11. The molecule has 0 spiro atoms. The van der Waals surface area contributed by atoms with Crippen molar-refractivity contribution in [3.63, 3.8) is 0 Å². The van der Waals surface area contributed by atoms with Crippen LogP contribution < -0.4 is 4.74 Å². The number of benzene rings is 3. The molecule has 0 aliphatic heterocycles. The number of esters is 1. The molecule has 0 aliphatic carbocycles. The number of hydrogen-bond donors (Lipinski definition) is 0. The summed E-state index contributed by atoms with van der Waals surface area (Å²) in [5.41, 5.74) is 2.72. The summed E-state index contributed by atoms with van der Waals surface area (Å²) in [6.07, 6.45) is 0. The fourth-order valence-corrected chi connectivity index (χ4v) is 3.95. The van der Waals surface area contributed by atoms with E-state index in [-0.39, 0.29) is 11.3 Å². The summed E-state index contributed by atoms with van der Waals surface area (Å²) in [4.78, 5) is 25.0. The lowest BCUT2D eigenvalue weighted by Gasteiger charge is -2.10. The zero-order valence-corrected chi connectivity index (χ0v) is 18.2. The highest BCUT2D eigenvalue weighted by Gasteiger charge is 2.23. The lowest BCUT2D eigenvalue weighted by Crippen LogP contribution is -2.12. The van der Waals surface area contributed by atoms with Gasteiger partial charge in [-0.2, -0.15) is 9.78 Å². The van der Waals surface area contributed by atoms with Gasteiger partial charge in [-0.05, 0) is 50.2 Å². The minimum atomic E-state index is -0.622. The van der Waals surface area contributed by atoms with E-state index in [1.54, 1.807) is 4.68 Å². The molecule has 0 aliphatic rings. The van der Waals surface area contributed by atoms with Crippen LogP contribution in [-0.4, -0.2) is 20.7 Å². The first-order valence-electron chi connectivity index (χ1n) is 9.78. The van der Waals surface area contributed by atoms with E-state index in [0.29, 0.717) is 16.5 Å². The topological polar surface area (TPSA) is 87.3 Å². The molecule has 0 saturated carbocycles. The van der Waals surface area contributed by atoms with Crippen LogP contribution in [0.1, 0.15) is 21.6 Å². The molecule has 0 radical (unpaired) electrons. The van der Waals surface area contributed by atoms with E-state index in [1.807, 2.05) is 68.4 Å². The molecular weight excluding hydrogens is 426 g/mol. The van der Waals surface area contributed by atoms with Crippen molar-refractivity contribution in [1.29, 1.82) is 0 Å². The maximum atomic E-state index is 12.9. The summed E-state index contributed by atoms with van der Waals surface area (Å²) < 4.78 is 7.40. The van der Waals surface area contributed by atoms with Gasteiger partial charge in [0, 0.05) is 17.0 Å². The maximum Gasteiger partial charge on any atom is 0.344 e. The van der Waals surface area contributed by atoms with Gasteiger partial charge >= 0.3 is 5.97 Å². The Hall–Kier alpha value is -3.91. The predicted molar refractivity (Wildman–Crippen MR) is 122 cm³/mol. The third-order valence-electron chi connectivity index (χ3n) is 4.71. The second-order valence-corrected chi connectivity index (χ2v) is 8.16. The van der Waals surface area contributed by atoms with Gasteiger partial charge in [-0.3, -0.25) is 10.1 Å². The Morgan fingerprint density at radius 1 is 0.969 bits per heavy atom. The standard InChI is InChI=1S/C24H19N3O4S/c1-16-8-14-21(15-9-16)32-22-17(2)25-26(19-6-4-3-5-7-19)23(22)31-24(28)18-10-12-20(13-11-18)27(29)30/h3-15H,1-2H3. The van der Waals surface area contributed by atoms with Crippen LogP contribution in [0.2, 0.25) is 0 Å². The molecule has 8 heteroatoms. The van der Waals surface area contributed by atoms with E-state index < -0.39 is 10.9 Å². The monoisotopic (exact) mass is 445 g/mol. The van der Waals surface area contributed by atoms with Crippen LogP contribution in [0.25, 0.3) is 5.69 Å². The number of para-hydroxylation sites is 1. The van der Waals surface area contributed by atoms with Gasteiger partial charge in [-0.1, -0.05) is 47.7 Å². The Balaban J connectivity index is 1.73. The van der Waals surface area contributed by atoms with Gasteiger partial charge in [0.2, 0.25) is 5.88 Å². The van der Waals surface area contributed by atoms with Crippen LogP contribution in [0, 0.1) is 24.0 Å². The van der Waals surface area contributed by atoms with Gasteiger partial charge in [-0.25, -0.2) is 4.79 Å². The number of rotatable bonds is 6. The van der Waals surface area contributed by atoms with Gasteiger partial charge in [0.05, 0.1) is 26.8 Å². The summed E-state index contributed by atoms with van der Waals surface area (Å²) in [7, 11) is 0. The number of carbonyl (C=O) groups excluding carboxylic acids is 1. The van der Waals surface area contributed by atoms with E-state index in [1.165, 1.54) is 36.0 Å². The molecule has 4 aromatic rings. The Kier molecular flexibility index (Phi) is 6.04. The number of aromatic nitrogens is 2. The molecule has 0 N–H and O–H groups in total. The number of ether oxygens (including phenoxy) is 1. The van der Waals surface area contributed by atoms with Crippen molar-refractivity contribution in [2.24, 2.45) is 0 Å². The van der Waals surface area contributed by atoms with E-state index in [4.69, 9.17) is 4.74 Å². The van der Waals surface area contributed by atoms with E-state index in [2.05, 4.69) is 5.10 Å². The molecule has 1 aromatic heterocycles. The first kappa shape index (κ1) is 21.3. The van der Waals surface area contributed by atoms with Gasteiger partial charge in [0.25, 0.3) is 5.69 Å². The normalized spacial score (nSPS) is 10.7. The third kappa shape index (κ3) is 4.55. The van der Waals surface area contributed by atoms with Gasteiger partial charge in [0.15, 0.2) is 0 Å². The number of aryl methyl sites for hydroxylation is 2. The lowest BCUT2D eigenvalue weighted by molar-refractivity contribution is -0.384. The van der Waals surface area contributed by atoms with Crippen LogP contribution in [0.15, 0.2) is 88.7 Å². The number of hydrogen-bond acceptors (Lipinski definition) is 6. The second kappa shape index (κ2) is 9.07. The van der Waals surface area contributed by atoms with Crippen molar-refractivity contribution < 1.29 is 14.5 Å². The molecule has 0 amide bonds. The van der Waals surface area contributed by atoms with Crippen molar-refractivity contribution in [1.82, 2.24) is 9.78 Å². The number of nitro groups is 1. The highest BCUT2D eigenvalue weighted by atomic mass is 32.2. The van der Waals surface area contributed by atoms with Crippen LogP contribution in [0.3, 0.4) is 0 Å². The Morgan fingerprint density at radius 2 is 1.62 bits per heavy atom. The number of nitro benzene ring substituents is 1. The van der Waals surface area contributed by atoms with Crippen LogP contribution >= 0.6 is 11.8 Å². The molecule has 0 bridgehead atoms. The molecule has 160 valence electrons. The minimum Gasteiger partial charge on any atom is -0.402 e. The molecule has 0 unspecified atom stereocenters. The maximum absolute atomic E-state index is 12.9. The Morgan fingerprint density at radius 3 is 2.25 bits per heavy atom. The molecule has 0 atom stereocenters. The third-order valence-corrected chi connectivity index (χ3v) is 5.89. The van der Waals surface area contributed by atoms with Crippen LogP contribution in [0.5, 0.6) is 5.88 Å². The average molecular weight is 446 g/mol. The summed E-state index contributed by atoms with van der Waals surface area (Å²) in [5, 5.41) is 15.5. The van der Waals surface area contributed by atoms with E-state index in [0.717, 1.165) is 16.1 Å². The van der Waals surface area contributed by atoms with Crippen molar-refractivity contribution in [2.75, 3.05) is 0 Å². The molecule has 3 aromatic carbocycles. The molecule has 1 heterocycles. The summed E-state index contributed by atoms with van der Waals surface area (Å²) in [6.45, 7) is 3.88. The van der Waals surface area contributed by atoms with Crippen molar-refractivity contribution in [3.05, 3.63) is 106 Å². The first-order valence-corrected chi connectivity index (χ1v) is 10.6. The fourth-order valence-electron chi connectivity index (χ4n) is 3.03. The fraction of sp³-hybridized carbons (Fsp3) is 0.0833. The highest BCUT2D eigenvalue weighted by Crippen LogP contribution is 2.39. The number of nitrogens with zero attached hydrogens (tertiary/aromatic N) is 3. The Bertz CT molecular complexity index is 1270. The SMILES string of the molecule is Cc1ccc(Sc2c(C)nn(-c3ccccc3)c2OC(=O)c2ccc([N+](=O)[O-])cc2)cc1. The highest BCUT2D eigenvalue weighted by molar-refractivity contribution is 7.99. The molecule has 4 rings (SSSR count). The van der Waals surface area contributed by atoms with Crippen molar-refractivity contribution >= 4 is 23.4 Å². The molecule has 7 nitrogen and oxygen atoms in total. The van der Waals surface area contributed by atoms with Crippen molar-refractivity contribution in [2.45, 2.75) is 23.6 Å². The van der Waals surface area contributed by atoms with Gasteiger partial charge in [-0.15, -0.1) is 0 Å². The molecule has 0 fully saturated rings. The molecule has 0 saturated heterocycles. The number of non-ortho nitro benzene ring substituents is 1. The molecule has 32 heavy (non-hydrogen) atoms. The summed E-state index contributed by atoms with van der Waals surface area (Å²) >= 11 is 1.46. The second-order valence-electron chi connectivity index (χ2n) is 7.08. The van der Waals surface area contributed by atoms with Crippen LogP contribution in [0.4, 0.5) is 5.69 Å². The van der Waals surface area contributed by atoms with Crippen LogP contribution in [-0.2, 0) is 0 Å².